The number of aliphatic hydroxyl groups excluding tert-OH is 1. The highest BCUT2D eigenvalue weighted by atomic mass is 16.5. The number of carbonyl (C=O) groups is 1. The molecular weight excluding hydrogens is 584 g/mol. The van der Waals surface area contributed by atoms with Crippen LogP contribution in [0.2, 0.25) is 0 Å². The normalized spacial score (nSPS) is 34.8. The summed E-state index contributed by atoms with van der Waals surface area (Å²) in [4.78, 5) is 26.6. The SMILES string of the molecule is C/C=C1/CN(C)[C@H]2Cc3c([nH]c4ccccc34)[C@H](c3ccc4c5c([nH]c4c3)[C@@H]3C[C@H]4C[C@H]([C@@H](C)O)[C@@H]3N(CC5)C4)C[C@@H]1C2C(=O)OC. The first kappa shape index (κ1) is 29.7. The average molecular weight is 633 g/mol. The van der Waals surface area contributed by atoms with E-state index in [1.807, 2.05) is 6.92 Å². The molecule has 2 unspecified atom stereocenters. The van der Waals surface area contributed by atoms with Gasteiger partial charge in [-0.2, -0.15) is 0 Å². The summed E-state index contributed by atoms with van der Waals surface area (Å²) >= 11 is 0. The summed E-state index contributed by atoms with van der Waals surface area (Å²) in [5.41, 5.74) is 10.6. The number of piperidine rings is 3. The van der Waals surface area contributed by atoms with Crippen LogP contribution in [0.15, 0.2) is 54.1 Å². The molecule has 7 heteroatoms. The maximum Gasteiger partial charge on any atom is 0.310 e. The zero-order valence-electron chi connectivity index (χ0n) is 28.1. The van der Waals surface area contributed by atoms with Gasteiger partial charge < -0.3 is 19.8 Å². The number of benzene rings is 2. The molecule has 3 saturated heterocycles. The maximum absolute atomic E-state index is 13.6. The van der Waals surface area contributed by atoms with Gasteiger partial charge in [-0.15, -0.1) is 0 Å². The predicted molar refractivity (Wildman–Crippen MR) is 186 cm³/mol. The van der Waals surface area contributed by atoms with Crippen LogP contribution < -0.4 is 0 Å². The van der Waals surface area contributed by atoms with Crippen LogP contribution in [-0.4, -0.2) is 82.8 Å². The number of rotatable bonds is 3. The Morgan fingerprint density at radius 3 is 2.64 bits per heavy atom. The highest BCUT2D eigenvalue weighted by molar-refractivity contribution is 5.88. The Labute approximate surface area is 277 Å². The number of nitrogens with zero attached hydrogens (tertiary/aromatic N) is 2. The number of likely N-dealkylation sites (tertiary alicyclic amines) is 1. The lowest BCUT2D eigenvalue weighted by Gasteiger charge is -2.54. The number of nitrogens with one attached hydrogen (secondary N) is 2. The van der Waals surface area contributed by atoms with E-state index < -0.39 is 0 Å². The zero-order valence-corrected chi connectivity index (χ0v) is 28.1. The molecule has 6 bridgehead atoms. The summed E-state index contributed by atoms with van der Waals surface area (Å²) in [5.74, 6) is 1.37. The minimum absolute atomic E-state index is 0.0764. The standard InChI is InChI=1S/C40H48N4O3/c1-5-23-20-43(3)35-18-31-25-8-6-7-9-33(25)41-38(31)30(17-29(23)36(35)40(46)47-4)24-10-11-26-27-12-13-44-19-22-14-28(21(2)45)39(44)32(15-22)37(27)42-34(26)16-24/h5-11,16,21-22,28-30,32,35-36,39,41-42,45H,12-15,17-20H2,1-4H3/b23-5-/t21-,22-,28-,29+,30+,32+,35+,36?,39+/m1/s1. The number of carbonyl (C=O) groups excluding carboxylic acids is 1. The van der Waals surface area contributed by atoms with Gasteiger partial charge in [-0.3, -0.25) is 14.6 Å². The number of fused-ring (bicyclic) bond motifs is 9. The molecule has 4 aliphatic heterocycles. The molecule has 6 heterocycles. The van der Waals surface area contributed by atoms with Crippen molar-refractivity contribution in [2.45, 2.75) is 76.0 Å². The van der Waals surface area contributed by atoms with Crippen molar-refractivity contribution in [3.05, 3.63) is 82.2 Å². The number of methoxy groups -OCH3 is 1. The molecule has 2 aromatic heterocycles. The average Bonchev–Trinajstić information content (AvgIpc) is 3.60. The van der Waals surface area contributed by atoms with Gasteiger partial charge >= 0.3 is 5.97 Å². The van der Waals surface area contributed by atoms with Crippen molar-refractivity contribution in [1.29, 1.82) is 0 Å². The Morgan fingerprint density at radius 2 is 1.83 bits per heavy atom. The Kier molecular flexibility index (Phi) is 7.01. The molecule has 246 valence electrons. The third-order valence-electron chi connectivity index (χ3n) is 13.2. The van der Waals surface area contributed by atoms with Gasteiger partial charge in [-0.25, -0.2) is 0 Å². The summed E-state index contributed by atoms with van der Waals surface area (Å²) in [5, 5.41) is 13.4. The van der Waals surface area contributed by atoms with E-state index in [9.17, 15) is 9.90 Å². The number of hydrogen-bond donors (Lipinski definition) is 3. The molecule has 0 radical (unpaired) electrons. The van der Waals surface area contributed by atoms with E-state index in [-0.39, 0.29) is 35.9 Å². The maximum atomic E-state index is 13.6. The lowest BCUT2D eigenvalue weighted by Crippen LogP contribution is -2.58. The minimum atomic E-state index is -0.273. The van der Waals surface area contributed by atoms with Crippen LogP contribution in [0.1, 0.15) is 73.0 Å². The topological polar surface area (TPSA) is 84.6 Å². The molecule has 10 atom stereocenters. The van der Waals surface area contributed by atoms with Crippen molar-refractivity contribution in [3.8, 4) is 0 Å². The first-order chi connectivity index (χ1) is 22.8. The quantitative estimate of drug-likeness (QED) is 0.187. The molecular formula is C40H48N4O3. The van der Waals surface area contributed by atoms with E-state index in [1.165, 1.54) is 68.4 Å². The predicted octanol–water partition coefficient (Wildman–Crippen LogP) is 6.12. The number of aromatic nitrogens is 2. The van der Waals surface area contributed by atoms with Crippen LogP contribution in [0, 0.1) is 23.7 Å². The van der Waals surface area contributed by atoms with E-state index in [0.717, 1.165) is 38.8 Å². The molecule has 47 heavy (non-hydrogen) atoms. The van der Waals surface area contributed by atoms with E-state index in [0.29, 0.717) is 23.8 Å². The van der Waals surface area contributed by atoms with Gasteiger partial charge in [0.25, 0.3) is 0 Å². The highest BCUT2D eigenvalue weighted by Crippen LogP contribution is 2.52. The second-order valence-corrected chi connectivity index (χ2v) is 15.5. The van der Waals surface area contributed by atoms with Gasteiger partial charge in [0.15, 0.2) is 0 Å². The smallest absolute Gasteiger partial charge is 0.310 e. The largest absolute Gasteiger partial charge is 0.469 e. The molecule has 3 N–H and O–H groups in total. The van der Waals surface area contributed by atoms with Crippen LogP contribution >= 0.6 is 0 Å². The van der Waals surface area contributed by atoms with Crippen LogP contribution in [0.4, 0.5) is 0 Å². The van der Waals surface area contributed by atoms with E-state index in [2.05, 4.69) is 82.3 Å². The second kappa shape index (κ2) is 11.1. The Morgan fingerprint density at radius 1 is 1.02 bits per heavy atom. The zero-order chi connectivity index (χ0) is 32.1. The molecule has 4 fully saturated rings. The first-order valence-corrected chi connectivity index (χ1v) is 17.9. The number of hydrogen-bond acceptors (Lipinski definition) is 5. The fourth-order valence-corrected chi connectivity index (χ4v) is 11.2. The number of para-hydroxylation sites is 1. The molecule has 0 amide bonds. The highest BCUT2D eigenvalue weighted by Gasteiger charge is 2.51. The van der Waals surface area contributed by atoms with E-state index in [1.54, 1.807) is 7.11 Å². The van der Waals surface area contributed by atoms with Crippen molar-refractivity contribution in [3.63, 3.8) is 0 Å². The number of esters is 1. The van der Waals surface area contributed by atoms with Crippen LogP contribution in [0.3, 0.4) is 0 Å². The molecule has 7 nitrogen and oxygen atoms in total. The Balaban J connectivity index is 1.19. The van der Waals surface area contributed by atoms with Crippen LogP contribution in [0.5, 0.6) is 0 Å². The number of ether oxygens (including phenoxy) is 1. The van der Waals surface area contributed by atoms with Gasteiger partial charge in [0.05, 0.1) is 19.1 Å². The first-order valence-electron chi connectivity index (χ1n) is 17.9. The van der Waals surface area contributed by atoms with E-state index >= 15 is 0 Å². The summed E-state index contributed by atoms with van der Waals surface area (Å²) < 4.78 is 5.53. The summed E-state index contributed by atoms with van der Waals surface area (Å²) in [6, 6.07) is 16.3. The molecule has 4 aromatic rings. The molecule has 0 spiro atoms. The van der Waals surface area contributed by atoms with Crippen molar-refractivity contribution < 1.29 is 14.6 Å². The van der Waals surface area contributed by atoms with Gasteiger partial charge in [0.2, 0.25) is 0 Å². The van der Waals surface area contributed by atoms with Gasteiger partial charge in [0.1, 0.15) is 0 Å². The number of aliphatic hydroxyl groups is 1. The second-order valence-electron chi connectivity index (χ2n) is 15.5. The van der Waals surface area contributed by atoms with Crippen LogP contribution in [-0.2, 0) is 22.4 Å². The Hall–Kier alpha value is -3.39. The lowest BCUT2D eigenvalue weighted by molar-refractivity contribution is -0.151. The molecule has 2 aromatic carbocycles. The van der Waals surface area contributed by atoms with Crippen molar-refractivity contribution in [1.82, 2.24) is 19.8 Å². The fourth-order valence-electron chi connectivity index (χ4n) is 11.2. The van der Waals surface area contributed by atoms with Gasteiger partial charge in [0, 0.05) is 82.7 Å². The monoisotopic (exact) mass is 632 g/mol. The number of allylic oxidation sites excluding steroid dienone is 1. The van der Waals surface area contributed by atoms with Crippen LogP contribution in [0.25, 0.3) is 21.8 Å². The van der Waals surface area contributed by atoms with Gasteiger partial charge in [-0.05, 0) is 93.7 Å². The van der Waals surface area contributed by atoms with Crippen molar-refractivity contribution in [2.24, 2.45) is 23.7 Å². The van der Waals surface area contributed by atoms with E-state index in [4.69, 9.17) is 4.74 Å². The number of aromatic amines is 2. The minimum Gasteiger partial charge on any atom is -0.469 e. The fraction of sp³-hybridized carbons (Fsp3) is 0.525. The summed E-state index contributed by atoms with van der Waals surface area (Å²) in [6.07, 6.45) is 7.06. The number of likely N-dealkylation sites (N-methyl/N-ethyl adjacent to an activating group) is 1. The number of H-pyrrole nitrogens is 2. The third kappa shape index (κ3) is 4.45. The molecule has 6 aliphatic rings. The molecule has 1 saturated carbocycles. The lowest BCUT2D eigenvalue weighted by atomic mass is 9.64. The molecule has 10 rings (SSSR count). The van der Waals surface area contributed by atoms with Crippen molar-refractivity contribution >= 4 is 27.8 Å². The summed E-state index contributed by atoms with van der Waals surface area (Å²) in [7, 11) is 3.71. The van der Waals surface area contributed by atoms with Crippen molar-refractivity contribution in [2.75, 3.05) is 33.8 Å². The molecule has 2 aliphatic carbocycles. The summed E-state index contributed by atoms with van der Waals surface area (Å²) in [6.45, 7) is 7.26. The van der Waals surface area contributed by atoms with Gasteiger partial charge in [-0.1, -0.05) is 42.0 Å². The third-order valence-corrected chi connectivity index (χ3v) is 13.2. The Bertz CT molecular complexity index is 1900.